The van der Waals surface area contributed by atoms with Gasteiger partial charge in [0.15, 0.2) is 11.6 Å². The number of benzene rings is 2. The van der Waals surface area contributed by atoms with Crippen molar-refractivity contribution in [1.29, 1.82) is 0 Å². The Hall–Kier alpha value is -2.55. The second kappa shape index (κ2) is 6.52. The maximum Gasteiger partial charge on any atom is 0.175 e. The monoisotopic (exact) mass is 320 g/mol. The molecule has 24 heavy (non-hydrogen) atoms. The minimum absolute atomic E-state index is 0.0698. The molecule has 1 atom stereocenters. The maximum atomic E-state index is 12.8. The van der Waals surface area contributed by atoms with Gasteiger partial charge in [-0.2, -0.15) is 0 Å². The van der Waals surface area contributed by atoms with E-state index >= 15 is 0 Å². The van der Waals surface area contributed by atoms with Gasteiger partial charge < -0.3 is 0 Å². The van der Waals surface area contributed by atoms with Crippen molar-refractivity contribution in [2.45, 2.75) is 26.2 Å². The third kappa shape index (κ3) is 2.82. The highest BCUT2D eigenvalue weighted by Gasteiger charge is 2.44. The molecule has 122 valence electrons. The molecule has 0 amide bonds. The molecule has 0 spiro atoms. The van der Waals surface area contributed by atoms with Gasteiger partial charge in [0, 0.05) is 29.4 Å². The Labute approximate surface area is 141 Å². The van der Waals surface area contributed by atoms with Crippen molar-refractivity contribution in [3.8, 4) is 0 Å². The molecule has 3 heteroatoms. The van der Waals surface area contributed by atoms with Gasteiger partial charge in [-0.3, -0.25) is 14.4 Å². The predicted molar refractivity (Wildman–Crippen MR) is 92.2 cm³/mol. The second-order valence-electron chi connectivity index (χ2n) is 6.59. The lowest BCUT2D eigenvalue weighted by Crippen LogP contribution is -2.27. The molecule has 1 aliphatic rings. The zero-order valence-corrected chi connectivity index (χ0v) is 13.9. The molecule has 2 aromatic rings. The smallest absolute Gasteiger partial charge is 0.175 e. The average molecular weight is 320 g/mol. The third-order valence-corrected chi connectivity index (χ3v) is 4.72. The number of rotatable bonds is 5. The summed E-state index contributed by atoms with van der Waals surface area (Å²) in [5, 5.41) is 0. The van der Waals surface area contributed by atoms with Crippen molar-refractivity contribution in [1.82, 2.24) is 0 Å². The summed E-state index contributed by atoms with van der Waals surface area (Å²) in [6, 6.07) is 16.3. The molecule has 1 aliphatic carbocycles. The molecule has 0 radical (unpaired) electrons. The summed E-state index contributed by atoms with van der Waals surface area (Å²) in [6.07, 6.45) is 0.206. The second-order valence-corrected chi connectivity index (χ2v) is 6.59. The molecule has 3 nitrogen and oxygen atoms in total. The molecule has 3 rings (SSSR count). The van der Waals surface area contributed by atoms with Gasteiger partial charge in [0.2, 0.25) is 0 Å². The van der Waals surface area contributed by atoms with Gasteiger partial charge in [-0.05, 0) is 5.56 Å². The Morgan fingerprint density at radius 1 is 0.875 bits per heavy atom. The summed E-state index contributed by atoms with van der Waals surface area (Å²) >= 11 is 0. The fourth-order valence-corrected chi connectivity index (χ4v) is 3.31. The molecular weight excluding hydrogens is 300 g/mol. The minimum atomic E-state index is -0.799. The Morgan fingerprint density at radius 2 is 1.38 bits per heavy atom. The number of carbonyl (C=O) groups is 3. The number of carbonyl (C=O) groups excluding carboxylic acids is 3. The Kier molecular flexibility index (Phi) is 4.43. The van der Waals surface area contributed by atoms with Crippen molar-refractivity contribution in [3.05, 3.63) is 71.3 Å². The molecule has 0 aliphatic heterocycles. The van der Waals surface area contributed by atoms with Crippen LogP contribution in [0.5, 0.6) is 0 Å². The first-order valence-electron chi connectivity index (χ1n) is 8.25. The molecular formula is C21H20O3. The number of hydrogen-bond acceptors (Lipinski definition) is 3. The van der Waals surface area contributed by atoms with E-state index < -0.39 is 11.8 Å². The largest absolute Gasteiger partial charge is 0.299 e. The van der Waals surface area contributed by atoms with Crippen LogP contribution in [0.15, 0.2) is 54.6 Å². The van der Waals surface area contributed by atoms with E-state index in [4.69, 9.17) is 0 Å². The summed E-state index contributed by atoms with van der Waals surface area (Å²) in [7, 11) is 0. The van der Waals surface area contributed by atoms with Crippen LogP contribution in [0.4, 0.5) is 0 Å². The quantitative estimate of drug-likeness (QED) is 0.780. The van der Waals surface area contributed by atoms with E-state index in [1.165, 1.54) is 0 Å². The van der Waals surface area contributed by atoms with Crippen LogP contribution in [-0.4, -0.2) is 17.3 Å². The lowest BCUT2D eigenvalue weighted by Gasteiger charge is -2.22. The maximum absolute atomic E-state index is 12.8. The molecule has 0 saturated carbocycles. The topological polar surface area (TPSA) is 51.2 Å². The van der Waals surface area contributed by atoms with Gasteiger partial charge in [-0.15, -0.1) is 0 Å². The predicted octanol–water partition coefficient (Wildman–Crippen LogP) is 4.08. The Bertz CT molecular complexity index is 755. The fraction of sp³-hybridized carbons (Fsp3) is 0.286. The summed E-state index contributed by atoms with van der Waals surface area (Å²) in [5.41, 5.74) is 1.82. The molecule has 2 aromatic carbocycles. The average Bonchev–Trinajstić information content (AvgIpc) is 2.85. The number of hydrogen-bond donors (Lipinski definition) is 0. The van der Waals surface area contributed by atoms with E-state index in [-0.39, 0.29) is 29.7 Å². The van der Waals surface area contributed by atoms with Gasteiger partial charge in [-0.25, -0.2) is 0 Å². The van der Waals surface area contributed by atoms with Crippen LogP contribution in [0, 0.1) is 11.8 Å². The Morgan fingerprint density at radius 3 is 1.88 bits per heavy atom. The van der Waals surface area contributed by atoms with E-state index in [0.29, 0.717) is 11.1 Å². The lowest BCUT2D eigenvalue weighted by molar-refractivity contribution is -0.122. The zero-order chi connectivity index (χ0) is 17.3. The third-order valence-electron chi connectivity index (χ3n) is 4.72. The van der Waals surface area contributed by atoms with Crippen LogP contribution in [0.1, 0.15) is 52.5 Å². The van der Waals surface area contributed by atoms with E-state index in [2.05, 4.69) is 0 Å². The van der Waals surface area contributed by atoms with Crippen molar-refractivity contribution in [2.75, 3.05) is 0 Å². The number of Topliss-reactive ketones (excluding diaryl/α,β-unsaturated/α-hetero) is 3. The van der Waals surface area contributed by atoms with Crippen LogP contribution in [0.25, 0.3) is 0 Å². The first kappa shape index (κ1) is 16.3. The van der Waals surface area contributed by atoms with Crippen LogP contribution < -0.4 is 0 Å². The van der Waals surface area contributed by atoms with Crippen molar-refractivity contribution < 1.29 is 14.4 Å². The lowest BCUT2D eigenvalue weighted by atomic mass is 9.78. The molecule has 0 bridgehead atoms. The first-order chi connectivity index (χ1) is 11.5. The number of fused-ring (bicyclic) bond motifs is 1. The molecule has 0 fully saturated rings. The van der Waals surface area contributed by atoms with Crippen LogP contribution in [-0.2, 0) is 4.79 Å². The number of ketones is 3. The highest BCUT2D eigenvalue weighted by atomic mass is 16.2. The summed E-state index contributed by atoms with van der Waals surface area (Å²) in [5.74, 6) is -1.59. The van der Waals surface area contributed by atoms with Crippen molar-refractivity contribution >= 4 is 17.3 Å². The highest BCUT2D eigenvalue weighted by Crippen LogP contribution is 2.39. The standard InChI is InChI=1S/C21H20O3/c1-13(2)18(22)12-17(14-8-4-3-5-9-14)19-20(23)15-10-6-7-11-16(15)21(19)24/h3-11,13,17,19H,12H2,1-2H3/t17-/m0/s1. The van der Waals surface area contributed by atoms with Gasteiger partial charge >= 0.3 is 0 Å². The Balaban J connectivity index is 2.02. The summed E-state index contributed by atoms with van der Waals surface area (Å²) < 4.78 is 0. The van der Waals surface area contributed by atoms with Crippen LogP contribution >= 0.6 is 0 Å². The van der Waals surface area contributed by atoms with Crippen LogP contribution in [0.2, 0.25) is 0 Å². The summed E-state index contributed by atoms with van der Waals surface area (Å²) in [6.45, 7) is 3.69. The summed E-state index contributed by atoms with van der Waals surface area (Å²) in [4.78, 5) is 38.0. The van der Waals surface area contributed by atoms with E-state index in [0.717, 1.165) is 5.56 Å². The molecule has 0 unspecified atom stereocenters. The minimum Gasteiger partial charge on any atom is -0.299 e. The van der Waals surface area contributed by atoms with Crippen LogP contribution in [0.3, 0.4) is 0 Å². The van der Waals surface area contributed by atoms with Crippen molar-refractivity contribution in [3.63, 3.8) is 0 Å². The molecule has 0 aromatic heterocycles. The molecule has 0 heterocycles. The highest BCUT2D eigenvalue weighted by molar-refractivity contribution is 6.27. The molecule has 0 saturated heterocycles. The zero-order valence-electron chi connectivity index (χ0n) is 13.9. The van der Waals surface area contributed by atoms with Gasteiger partial charge in [0.1, 0.15) is 5.78 Å². The first-order valence-corrected chi connectivity index (χ1v) is 8.25. The fourth-order valence-electron chi connectivity index (χ4n) is 3.31. The van der Waals surface area contributed by atoms with Gasteiger partial charge in [0.25, 0.3) is 0 Å². The van der Waals surface area contributed by atoms with E-state index in [1.807, 2.05) is 44.2 Å². The van der Waals surface area contributed by atoms with Gasteiger partial charge in [0.05, 0.1) is 5.92 Å². The van der Waals surface area contributed by atoms with E-state index in [1.54, 1.807) is 24.3 Å². The normalized spacial score (nSPS) is 15.6. The SMILES string of the molecule is CC(C)C(=O)C[C@@H](c1ccccc1)C1C(=O)c2ccccc2C1=O. The van der Waals surface area contributed by atoms with E-state index in [9.17, 15) is 14.4 Å². The van der Waals surface area contributed by atoms with Crippen molar-refractivity contribution in [2.24, 2.45) is 11.8 Å². The molecule has 0 N–H and O–H groups in total. The van der Waals surface area contributed by atoms with Gasteiger partial charge in [-0.1, -0.05) is 68.4 Å².